The van der Waals surface area contributed by atoms with Gasteiger partial charge in [0.15, 0.2) is 0 Å². The highest BCUT2D eigenvalue weighted by Crippen LogP contribution is 2.64. The van der Waals surface area contributed by atoms with Crippen LogP contribution in [-0.4, -0.2) is 0 Å². The molecule has 0 saturated carbocycles. The molecule has 7 aromatic rings. The van der Waals surface area contributed by atoms with E-state index in [2.05, 4.69) is 159 Å². The Morgan fingerprint density at radius 1 is 0.422 bits per heavy atom. The molecule has 1 spiro atoms. The lowest BCUT2D eigenvalue weighted by atomic mass is 9.70. The van der Waals surface area contributed by atoms with Gasteiger partial charge in [-0.25, -0.2) is 0 Å². The summed E-state index contributed by atoms with van der Waals surface area (Å²) < 4.78 is 6.41. The first kappa shape index (κ1) is 25.0. The number of hydrogen-bond acceptors (Lipinski definition) is 1. The molecule has 45 heavy (non-hydrogen) atoms. The van der Waals surface area contributed by atoms with Crippen molar-refractivity contribution < 1.29 is 4.74 Å². The molecule has 7 aromatic carbocycles. The molecule has 0 aromatic heterocycles. The molecule has 0 amide bonds. The number of fused-ring (bicyclic) bond motifs is 14. The maximum Gasteiger partial charge on any atom is 0.131 e. The van der Waals surface area contributed by atoms with Crippen LogP contribution in [0.4, 0.5) is 0 Å². The first-order valence-electron chi connectivity index (χ1n) is 15.9. The third-order valence-corrected chi connectivity index (χ3v) is 10.7. The molecule has 0 N–H and O–H groups in total. The van der Waals surface area contributed by atoms with E-state index >= 15 is 0 Å². The second-order valence-corrected chi connectivity index (χ2v) is 13.2. The predicted octanol–water partition coefficient (Wildman–Crippen LogP) is 11.3. The zero-order chi connectivity index (χ0) is 29.9. The molecule has 0 saturated heterocycles. The van der Waals surface area contributed by atoms with Gasteiger partial charge in [0.25, 0.3) is 0 Å². The van der Waals surface area contributed by atoms with E-state index in [0.717, 1.165) is 11.5 Å². The van der Waals surface area contributed by atoms with E-state index in [-0.39, 0.29) is 10.8 Å². The van der Waals surface area contributed by atoms with Gasteiger partial charge in [-0.1, -0.05) is 135 Å². The highest BCUT2D eigenvalue weighted by molar-refractivity contribution is 6.06. The van der Waals surface area contributed by atoms with E-state index in [9.17, 15) is 0 Å². The smallest absolute Gasteiger partial charge is 0.131 e. The van der Waals surface area contributed by atoms with Crippen LogP contribution in [-0.2, 0) is 10.8 Å². The number of para-hydroxylation sites is 1. The SMILES string of the molecule is CC1(C)c2ccccc2Oc2ccc(-c3ccc4c(c3)C3(c5ccccc5-4)c4ccccc4-c4c3ccc3ccccc43)cc21. The summed E-state index contributed by atoms with van der Waals surface area (Å²) in [5.74, 6) is 1.89. The van der Waals surface area contributed by atoms with Gasteiger partial charge in [0.1, 0.15) is 11.5 Å². The van der Waals surface area contributed by atoms with Gasteiger partial charge in [0.05, 0.1) is 5.41 Å². The molecule has 1 atom stereocenters. The van der Waals surface area contributed by atoms with Crippen LogP contribution < -0.4 is 4.74 Å². The summed E-state index contributed by atoms with van der Waals surface area (Å²) in [5, 5.41) is 2.60. The van der Waals surface area contributed by atoms with Gasteiger partial charge in [-0.05, 0) is 90.7 Å². The summed E-state index contributed by atoms with van der Waals surface area (Å²) >= 11 is 0. The van der Waals surface area contributed by atoms with E-state index in [0.29, 0.717) is 0 Å². The van der Waals surface area contributed by atoms with Gasteiger partial charge >= 0.3 is 0 Å². The maximum atomic E-state index is 6.41. The van der Waals surface area contributed by atoms with Crippen molar-refractivity contribution in [3.63, 3.8) is 0 Å². The number of benzene rings is 7. The molecule has 2 aliphatic carbocycles. The molecule has 1 aliphatic heterocycles. The molecule has 212 valence electrons. The van der Waals surface area contributed by atoms with Gasteiger partial charge in [-0.2, -0.15) is 0 Å². The first-order valence-corrected chi connectivity index (χ1v) is 15.9. The van der Waals surface area contributed by atoms with E-state index in [4.69, 9.17) is 4.74 Å². The quantitative estimate of drug-likeness (QED) is 0.189. The lowest BCUT2D eigenvalue weighted by Gasteiger charge is -2.35. The maximum absolute atomic E-state index is 6.41. The third kappa shape index (κ3) is 3.08. The Morgan fingerprint density at radius 3 is 1.87 bits per heavy atom. The van der Waals surface area contributed by atoms with Crippen LogP contribution in [0.1, 0.15) is 47.2 Å². The Morgan fingerprint density at radius 2 is 1.02 bits per heavy atom. The van der Waals surface area contributed by atoms with Crippen molar-refractivity contribution in [3.8, 4) is 44.9 Å². The Labute approximate surface area is 263 Å². The van der Waals surface area contributed by atoms with E-state index in [1.165, 1.54) is 77.5 Å². The Balaban J connectivity index is 1.24. The number of ether oxygens (including phenoxy) is 1. The number of rotatable bonds is 1. The summed E-state index contributed by atoms with van der Waals surface area (Å²) in [6.45, 7) is 4.62. The molecule has 3 aliphatic rings. The highest BCUT2D eigenvalue weighted by atomic mass is 16.5. The minimum absolute atomic E-state index is 0.168. The van der Waals surface area contributed by atoms with Crippen molar-refractivity contribution in [1.82, 2.24) is 0 Å². The van der Waals surface area contributed by atoms with Crippen LogP contribution in [0.3, 0.4) is 0 Å². The van der Waals surface area contributed by atoms with Crippen molar-refractivity contribution in [2.75, 3.05) is 0 Å². The van der Waals surface area contributed by atoms with Crippen molar-refractivity contribution in [3.05, 3.63) is 179 Å². The minimum atomic E-state index is -0.382. The standard InChI is InChI=1S/C44H30O/c1-43(2)36-17-9-10-18-40(36)45-41-24-21-29(26-39(41)43)28-19-22-32-31-13-5-7-15-34(31)44(38(32)25-28)35-16-8-6-14-33(35)42-30-12-4-3-11-27(30)20-23-37(42)44/h3-26H,1-2H3. The number of hydrogen-bond donors (Lipinski definition) is 0. The fourth-order valence-electron chi connectivity index (χ4n) is 8.71. The van der Waals surface area contributed by atoms with Crippen LogP contribution in [0.25, 0.3) is 44.2 Å². The zero-order valence-electron chi connectivity index (χ0n) is 25.3. The van der Waals surface area contributed by atoms with Gasteiger partial charge in [0.2, 0.25) is 0 Å². The monoisotopic (exact) mass is 574 g/mol. The van der Waals surface area contributed by atoms with Crippen molar-refractivity contribution in [2.24, 2.45) is 0 Å². The molecule has 0 bridgehead atoms. The molecule has 1 heterocycles. The van der Waals surface area contributed by atoms with Crippen LogP contribution >= 0.6 is 0 Å². The van der Waals surface area contributed by atoms with Crippen molar-refractivity contribution in [1.29, 1.82) is 0 Å². The van der Waals surface area contributed by atoms with Crippen LogP contribution in [0.15, 0.2) is 146 Å². The zero-order valence-corrected chi connectivity index (χ0v) is 25.3. The van der Waals surface area contributed by atoms with Gasteiger partial charge in [-0.3, -0.25) is 0 Å². The average molecular weight is 575 g/mol. The first-order chi connectivity index (χ1) is 22.1. The van der Waals surface area contributed by atoms with E-state index in [1.807, 2.05) is 0 Å². The molecule has 0 radical (unpaired) electrons. The second-order valence-electron chi connectivity index (χ2n) is 13.2. The lowest BCUT2D eigenvalue weighted by Crippen LogP contribution is -2.26. The van der Waals surface area contributed by atoms with Crippen LogP contribution in [0.5, 0.6) is 11.5 Å². The molecule has 10 rings (SSSR count). The molecular formula is C44H30O. The summed E-state index contributed by atoms with van der Waals surface area (Å²) in [5.41, 5.74) is 15.2. The fraction of sp³-hybridized carbons (Fsp3) is 0.0909. The Kier molecular flexibility index (Phi) is 4.78. The van der Waals surface area contributed by atoms with E-state index in [1.54, 1.807) is 0 Å². The Hall–Kier alpha value is -5.40. The predicted molar refractivity (Wildman–Crippen MR) is 184 cm³/mol. The molecule has 1 heteroatoms. The van der Waals surface area contributed by atoms with E-state index < -0.39 is 0 Å². The largest absolute Gasteiger partial charge is 0.457 e. The van der Waals surface area contributed by atoms with Gasteiger partial charge in [-0.15, -0.1) is 0 Å². The molecule has 0 fully saturated rings. The minimum Gasteiger partial charge on any atom is -0.457 e. The lowest BCUT2D eigenvalue weighted by molar-refractivity contribution is 0.418. The second kappa shape index (κ2) is 8.61. The summed E-state index contributed by atoms with van der Waals surface area (Å²) in [4.78, 5) is 0. The highest BCUT2D eigenvalue weighted by Gasteiger charge is 2.52. The summed E-state index contributed by atoms with van der Waals surface area (Å²) in [7, 11) is 0. The molecule has 1 nitrogen and oxygen atoms in total. The van der Waals surface area contributed by atoms with Crippen molar-refractivity contribution in [2.45, 2.75) is 24.7 Å². The normalized spacial score (nSPS) is 17.6. The van der Waals surface area contributed by atoms with Crippen molar-refractivity contribution >= 4 is 10.8 Å². The molecule has 1 unspecified atom stereocenters. The average Bonchev–Trinajstić information content (AvgIpc) is 3.55. The topological polar surface area (TPSA) is 9.23 Å². The summed E-state index contributed by atoms with van der Waals surface area (Å²) in [6, 6.07) is 54.0. The fourth-order valence-corrected chi connectivity index (χ4v) is 8.71. The van der Waals surface area contributed by atoms with Crippen LogP contribution in [0.2, 0.25) is 0 Å². The Bertz CT molecular complexity index is 2390. The van der Waals surface area contributed by atoms with Gasteiger partial charge in [0, 0.05) is 16.5 Å². The van der Waals surface area contributed by atoms with Crippen LogP contribution in [0, 0.1) is 0 Å². The summed E-state index contributed by atoms with van der Waals surface area (Å²) in [6.07, 6.45) is 0. The molecular weight excluding hydrogens is 544 g/mol. The van der Waals surface area contributed by atoms with Gasteiger partial charge < -0.3 is 4.74 Å². The third-order valence-electron chi connectivity index (χ3n) is 10.7.